The largest absolute Gasteiger partial charge is 0.355 e. The van der Waals surface area contributed by atoms with Crippen molar-refractivity contribution in [2.75, 3.05) is 17.4 Å². The molecule has 2 atom stereocenters. The van der Waals surface area contributed by atoms with Crippen molar-refractivity contribution in [2.24, 2.45) is 11.8 Å². The minimum absolute atomic E-state index is 0.538. The lowest BCUT2D eigenvalue weighted by molar-refractivity contribution is 0.320. The van der Waals surface area contributed by atoms with Crippen LogP contribution in [0, 0.1) is 5.92 Å². The molecule has 1 aliphatic carbocycles. The highest BCUT2D eigenvalue weighted by Gasteiger charge is 2.27. The fraction of sp³-hybridized carbons (Fsp3) is 0.667. The van der Waals surface area contributed by atoms with Crippen LogP contribution in [0.15, 0.2) is 10.8 Å². The summed E-state index contributed by atoms with van der Waals surface area (Å²) < 4.78 is 0.827. The highest BCUT2D eigenvalue weighted by molar-refractivity contribution is 9.10. The first-order chi connectivity index (χ1) is 8.65. The van der Waals surface area contributed by atoms with E-state index in [1.54, 1.807) is 6.33 Å². The van der Waals surface area contributed by atoms with Gasteiger partial charge in [-0.3, -0.25) is 0 Å². The predicted octanol–water partition coefficient (Wildman–Crippen LogP) is 2.54. The minimum atomic E-state index is 0.538. The van der Waals surface area contributed by atoms with E-state index in [-0.39, 0.29) is 0 Å². The molecule has 1 saturated carbocycles. The van der Waals surface area contributed by atoms with Gasteiger partial charge in [-0.15, -0.1) is 0 Å². The van der Waals surface area contributed by atoms with E-state index in [1.165, 1.54) is 25.7 Å². The van der Waals surface area contributed by atoms with Gasteiger partial charge in [0.05, 0.1) is 0 Å². The van der Waals surface area contributed by atoms with E-state index in [0.29, 0.717) is 17.8 Å². The summed E-state index contributed by atoms with van der Waals surface area (Å²) in [5.74, 6) is 7.65. The molecule has 0 saturated heterocycles. The standard InChI is InChI=1S/C12H20BrN5/c1-8-5-3-4-6-9(8)18(2)12-10(13)11(17-14)15-7-16-12/h7-9H,3-6,14H2,1-2H3,(H,15,16,17). The molecule has 1 heterocycles. The third-order valence-electron chi connectivity index (χ3n) is 3.81. The highest BCUT2D eigenvalue weighted by Crippen LogP contribution is 2.34. The Bertz CT molecular complexity index is 411. The summed E-state index contributed by atoms with van der Waals surface area (Å²) in [5.41, 5.74) is 2.58. The van der Waals surface area contributed by atoms with E-state index in [4.69, 9.17) is 5.84 Å². The van der Waals surface area contributed by atoms with E-state index in [0.717, 1.165) is 10.3 Å². The monoisotopic (exact) mass is 313 g/mol. The van der Waals surface area contributed by atoms with E-state index >= 15 is 0 Å². The molecule has 1 aromatic heterocycles. The molecule has 0 amide bonds. The average molecular weight is 314 g/mol. The second kappa shape index (κ2) is 5.84. The molecule has 0 radical (unpaired) electrons. The topological polar surface area (TPSA) is 67.1 Å². The smallest absolute Gasteiger partial charge is 0.159 e. The van der Waals surface area contributed by atoms with Crippen molar-refractivity contribution in [2.45, 2.75) is 38.6 Å². The molecule has 1 aromatic rings. The summed E-state index contributed by atoms with van der Waals surface area (Å²) in [7, 11) is 2.10. The molecular weight excluding hydrogens is 294 g/mol. The lowest BCUT2D eigenvalue weighted by Gasteiger charge is -2.37. The summed E-state index contributed by atoms with van der Waals surface area (Å²) in [6, 6.07) is 0.538. The Morgan fingerprint density at radius 1 is 1.39 bits per heavy atom. The number of nitrogens with one attached hydrogen (secondary N) is 1. The zero-order valence-electron chi connectivity index (χ0n) is 10.9. The fourth-order valence-corrected chi connectivity index (χ4v) is 3.34. The average Bonchev–Trinajstić information content (AvgIpc) is 2.39. The second-order valence-electron chi connectivity index (χ2n) is 4.94. The molecule has 6 heteroatoms. The quantitative estimate of drug-likeness (QED) is 0.663. The van der Waals surface area contributed by atoms with Crippen LogP contribution in [0.4, 0.5) is 11.6 Å². The van der Waals surface area contributed by atoms with Crippen LogP contribution >= 0.6 is 15.9 Å². The van der Waals surface area contributed by atoms with Gasteiger partial charge in [0.25, 0.3) is 0 Å². The number of nitrogens with zero attached hydrogens (tertiary/aromatic N) is 3. The van der Waals surface area contributed by atoms with Crippen LogP contribution in [0.3, 0.4) is 0 Å². The summed E-state index contributed by atoms with van der Waals surface area (Å²) in [6.07, 6.45) is 6.69. The SMILES string of the molecule is CC1CCCCC1N(C)c1ncnc(NN)c1Br. The lowest BCUT2D eigenvalue weighted by Crippen LogP contribution is -2.39. The molecule has 2 unspecified atom stereocenters. The summed E-state index contributed by atoms with van der Waals surface area (Å²) >= 11 is 3.52. The molecule has 0 spiro atoms. The highest BCUT2D eigenvalue weighted by atomic mass is 79.9. The summed E-state index contributed by atoms with van der Waals surface area (Å²) in [5, 5.41) is 0. The van der Waals surface area contributed by atoms with Crippen molar-refractivity contribution in [1.29, 1.82) is 0 Å². The Morgan fingerprint density at radius 2 is 2.11 bits per heavy atom. The van der Waals surface area contributed by atoms with Gasteiger partial charge in [0.15, 0.2) is 5.82 Å². The van der Waals surface area contributed by atoms with Crippen molar-refractivity contribution in [3.05, 3.63) is 10.8 Å². The molecular formula is C12H20BrN5. The molecule has 100 valence electrons. The summed E-state index contributed by atoms with van der Waals surface area (Å²) in [4.78, 5) is 10.7. The zero-order valence-corrected chi connectivity index (χ0v) is 12.4. The molecule has 0 aliphatic heterocycles. The molecule has 5 nitrogen and oxygen atoms in total. The Hall–Kier alpha value is -0.880. The van der Waals surface area contributed by atoms with E-state index in [1.807, 2.05) is 0 Å². The number of hydrogen-bond acceptors (Lipinski definition) is 5. The van der Waals surface area contributed by atoms with Gasteiger partial charge in [0.1, 0.15) is 16.6 Å². The normalized spacial score (nSPS) is 23.8. The molecule has 2 rings (SSSR count). The molecule has 0 bridgehead atoms. The molecule has 18 heavy (non-hydrogen) atoms. The van der Waals surface area contributed by atoms with Crippen LogP contribution in [0.5, 0.6) is 0 Å². The number of anilines is 2. The van der Waals surface area contributed by atoms with Crippen molar-refractivity contribution < 1.29 is 0 Å². The second-order valence-corrected chi connectivity index (χ2v) is 5.74. The summed E-state index contributed by atoms with van der Waals surface area (Å²) in [6.45, 7) is 2.32. The van der Waals surface area contributed by atoms with Crippen LogP contribution in [0.2, 0.25) is 0 Å². The van der Waals surface area contributed by atoms with Crippen molar-refractivity contribution in [3.8, 4) is 0 Å². The van der Waals surface area contributed by atoms with Crippen molar-refractivity contribution in [3.63, 3.8) is 0 Å². The number of hydrogen-bond donors (Lipinski definition) is 2. The molecule has 0 aromatic carbocycles. The Balaban J connectivity index is 2.24. The number of halogens is 1. The molecule has 1 fully saturated rings. The zero-order chi connectivity index (χ0) is 13.1. The van der Waals surface area contributed by atoms with Gasteiger partial charge in [-0.2, -0.15) is 0 Å². The Morgan fingerprint density at radius 3 is 2.78 bits per heavy atom. The maximum absolute atomic E-state index is 5.44. The van der Waals surface area contributed by atoms with Crippen LogP contribution in [-0.2, 0) is 0 Å². The predicted molar refractivity (Wildman–Crippen MR) is 77.4 cm³/mol. The van der Waals surface area contributed by atoms with E-state index < -0.39 is 0 Å². The molecule has 1 aliphatic rings. The van der Waals surface area contributed by atoms with Crippen LogP contribution in [-0.4, -0.2) is 23.1 Å². The van der Waals surface area contributed by atoms with Crippen LogP contribution in [0.1, 0.15) is 32.6 Å². The lowest BCUT2D eigenvalue weighted by atomic mass is 9.85. The van der Waals surface area contributed by atoms with Crippen molar-refractivity contribution >= 4 is 27.6 Å². The van der Waals surface area contributed by atoms with Gasteiger partial charge < -0.3 is 10.3 Å². The third kappa shape index (κ3) is 2.59. The molecule has 3 N–H and O–H groups in total. The third-order valence-corrected chi connectivity index (χ3v) is 4.54. The minimum Gasteiger partial charge on any atom is -0.355 e. The van der Waals surface area contributed by atoms with Crippen LogP contribution < -0.4 is 16.2 Å². The van der Waals surface area contributed by atoms with Gasteiger partial charge in [-0.1, -0.05) is 19.8 Å². The number of nitrogens with two attached hydrogens (primary N) is 1. The van der Waals surface area contributed by atoms with Gasteiger partial charge in [0, 0.05) is 13.1 Å². The first-order valence-electron chi connectivity index (χ1n) is 6.35. The first-order valence-corrected chi connectivity index (χ1v) is 7.14. The van der Waals surface area contributed by atoms with Gasteiger partial charge in [-0.05, 0) is 34.7 Å². The number of aromatic nitrogens is 2. The van der Waals surface area contributed by atoms with Gasteiger partial charge in [-0.25, -0.2) is 15.8 Å². The number of nitrogen functional groups attached to an aromatic ring is 1. The number of rotatable bonds is 3. The maximum atomic E-state index is 5.44. The van der Waals surface area contributed by atoms with Gasteiger partial charge >= 0.3 is 0 Å². The van der Waals surface area contributed by atoms with E-state index in [2.05, 4.69) is 50.2 Å². The van der Waals surface area contributed by atoms with Gasteiger partial charge in [0.2, 0.25) is 0 Å². The van der Waals surface area contributed by atoms with Crippen molar-refractivity contribution in [1.82, 2.24) is 9.97 Å². The number of hydrazine groups is 1. The fourth-order valence-electron chi connectivity index (χ4n) is 2.74. The maximum Gasteiger partial charge on any atom is 0.159 e. The van der Waals surface area contributed by atoms with E-state index in [9.17, 15) is 0 Å². The first kappa shape index (κ1) is 13.5. The van der Waals surface area contributed by atoms with Crippen LogP contribution in [0.25, 0.3) is 0 Å². The Labute approximate surface area is 116 Å². The Kier molecular flexibility index (Phi) is 4.40.